The van der Waals surface area contributed by atoms with Gasteiger partial charge >= 0.3 is 0 Å². The van der Waals surface area contributed by atoms with Crippen molar-refractivity contribution in [3.8, 4) is 6.07 Å². The first-order chi connectivity index (χ1) is 11.0. The Bertz CT molecular complexity index is 781. The van der Waals surface area contributed by atoms with Gasteiger partial charge in [-0.1, -0.05) is 30.3 Å². The number of ketones is 1. The third kappa shape index (κ3) is 4.41. The molecule has 116 valence electrons. The fourth-order valence-corrected chi connectivity index (χ4v) is 2.34. The SMILES string of the molecule is CC(=O)c1cccc(NC(=O)c2ccccc2CC(Cl)C#N)c1. The van der Waals surface area contributed by atoms with Crippen LogP contribution in [0.4, 0.5) is 5.69 Å². The lowest BCUT2D eigenvalue weighted by Crippen LogP contribution is -2.16. The van der Waals surface area contributed by atoms with Gasteiger partial charge in [0.2, 0.25) is 0 Å². The molecule has 2 aromatic rings. The van der Waals surface area contributed by atoms with Crippen molar-refractivity contribution in [3.05, 3.63) is 65.2 Å². The van der Waals surface area contributed by atoms with Gasteiger partial charge in [0.1, 0.15) is 5.38 Å². The second kappa shape index (κ2) is 7.57. The Morgan fingerprint density at radius 1 is 1.22 bits per heavy atom. The molecule has 0 saturated heterocycles. The number of rotatable bonds is 5. The summed E-state index contributed by atoms with van der Waals surface area (Å²) in [5.41, 5.74) is 2.23. The number of carbonyl (C=O) groups is 2. The van der Waals surface area contributed by atoms with Crippen molar-refractivity contribution in [2.24, 2.45) is 0 Å². The minimum absolute atomic E-state index is 0.0690. The van der Waals surface area contributed by atoms with Crippen LogP contribution in [0.5, 0.6) is 0 Å². The van der Waals surface area contributed by atoms with E-state index in [0.717, 1.165) is 0 Å². The second-order valence-corrected chi connectivity index (χ2v) is 5.58. The van der Waals surface area contributed by atoms with Gasteiger partial charge in [0, 0.05) is 23.2 Å². The molecule has 1 amide bonds. The number of Topliss-reactive ketones (excluding diaryl/α,β-unsaturated/α-hetero) is 1. The van der Waals surface area contributed by atoms with Crippen LogP contribution in [0, 0.1) is 11.3 Å². The Balaban J connectivity index is 2.23. The fourth-order valence-electron chi connectivity index (χ4n) is 2.17. The molecular formula is C18H15ClN2O2. The van der Waals surface area contributed by atoms with Gasteiger partial charge in [-0.25, -0.2) is 0 Å². The van der Waals surface area contributed by atoms with Crippen molar-refractivity contribution < 1.29 is 9.59 Å². The van der Waals surface area contributed by atoms with Crippen molar-refractivity contribution in [1.82, 2.24) is 0 Å². The summed E-state index contributed by atoms with van der Waals surface area (Å²) in [6.45, 7) is 1.47. The van der Waals surface area contributed by atoms with Crippen molar-refractivity contribution >= 4 is 29.0 Å². The first-order valence-electron chi connectivity index (χ1n) is 7.05. The number of nitriles is 1. The first kappa shape index (κ1) is 16.7. The highest BCUT2D eigenvalue weighted by Crippen LogP contribution is 2.17. The number of alkyl halides is 1. The van der Waals surface area contributed by atoms with Crippen LogP contribution in [0.2, 0.25) is 0 Å². The summed E-state index contributed by atoms with van der Waals surface area (Å²) in [5, 5.41) is 10.9. The van der Waals surface area contributed by atoms with Crippen molar-refractivity contribution in [2.75, 3.05) is 5.32 Å². The Labute approximate surface area is 139 Å². The highest BCUT2D eigenvalue weighted by Gasteiger charge is 2.14. The van der Waals surface area contributed by atoms with Crippen LogP contribution < -0.4 is 5.32 Å². The van der Waals surface area contributed by atoms with Gasteiger partial charge in [0.25, 0.3) is 5.91 Å². The predicted octanol–water partition coefficient (Wildman–Crippen LogP) is 3.81. The number of nitrogens with zero attached hydrogens (tertiary/aromatic N) is 1. The van der Waals surface area contributed by atoms with Crippen molar-refractivity contribution in [2.45, 2.75) is 18.7 Å². The van der Waals surface area contributed by atoms with E-state index in [4.69, 9.17) is 16.9 Å². The number of hydrogen-bond acceptors (Lipinski definition) is 3. The molecule has 0 aliphatic heterocycles. The third-order valence-corrected chi connectivity index (χ3v) is 3.58. The Morgan fingerprint density at radius 2 is 1.96 bits per heavy atom. The van der Waals surface area contributed by atoms with Gasteiger partial charge in [0.15, 0.2) is 5.78 Å². The zero-order chi connectivity index (χ0) is 16.8. The van der Waals surface area contributed by atoms with E-state index in [0.29, 0.717) is 22.4 Å². The highest BCUT2D eigenvalue weighted by molar-refractivity contribution is 6.22. The van der Waals surface area contributed by atoms with Crippen LogP contribution in [-0.4, -0.2) is 17.1 Å². The average molecular weight is 327 g/mol. The Hall–Kier alpha value is -2.64. The van der Waals surface area contributed by atoms with E-state index in [1.54, 1.807) is 48.5 Å². The van der Waals surface area contributed by atoms with E-state index in [9.17, 15) is 9.59 Å². The highest BCUT2D eigenvalue weighted by atomic mass is 35.5. The van der Waals surface area contributed by atoms with E-state index < -0.39 is 5.38 Å². The predicted molar refractivity (Wildman–Crippen MR) is 89.8 cm³/mol. The molecule has 0 aromatic heterocycles. The quantitative estimate of drug-likeness (QED) is 0.670. The lowest BCUT2D eigenvalue weighted by atomic mass is 10.0. The standard InChI is InChI=1S/C18H15ClN2O2/c1-12(22)13-6-4-7-16(10-13)21-18(23)17-8-3-2-5-14(17)9-15(19)11-20/h2-8,10,15H,9H2,1H3,(H,21,23). The lowest BCUT2D eigenvalue weighted by Gasteiger charge is -2.11. The van der Waals surface area contributed by atoms with Gasteiger partial charge in [-0.2, -0.15) is 5.26 Å². The van der Waals surface area contributed by atoms with E-state index >= 15 is 0 Å². The summed E-state index contributed by atoms with van der Waals surface area (Å²) < 4.78 is 0. The molecule has 2 aromatic carbocycles. The van der Waals surface area contributed by atoms with E-state index in [1.165, 1.54) is 6.92 Å². The number of hydrogen-bond donors (Lipinski definition) is 1. The average Bonchev–Trinajstić information content (AvgIpc) is 2.55. The number of nitrogens with one attached hydrogen (secondary N) is 1. The molecule has 4 nitrogen and oxygen atoms in total. The molecule has 23 heavy (non-hydrogen) atoms. The van der Waals surface area contributed by atoms with Gasteiger partial charge in [0.05, 0.1) is 6.07 Å². The molecule has 0 aliphatic rings. The van der Waals surface area contributed by atoms with Crippen LogP contribution in [0.15, 0.2) is 48.5 Å². The van der Waals surface area contributed by atoms with Crippen LogP contribution >= 0.6 is 11.6 Å². The summed E-state index contributed by atoms with van der Waals surface area (Å²) in [4.78, 5) is 23.9. The van der Waals surface area contributed by atoms with Crippen LogP contribution in [-0.2, 0) is 6.42 Å². The first-order valence-corrected chi connectivity index (χ1v) is 7.49. The van der Waals surface area contributed by atoms with Crippen molar-refractivity contribution in [3.63, 3.8) is 0 Å². The van der Waals surface area contributed by atoms with E-state index in [1.807, 2.05) is 6.07 Å². The maximum Gasteiger partial charge on any atom is 0.255 e. The molecule has 0 spiro atoms. The fraction of sp³-hybridized carbons (Fsp3) is 0.167. The van der Waals surface area contributed by atoms with Crippen LogP contribution in [0.25, 0.3) is 0 Å². The molecule has 0 fully saturated rings. The van der Waals surface area contributed by atoms with E-state index in [-0.39, 0.29) is 18.1 Å². The molecule has 1 N–H and O–H groups in total. The molecule has 0 heterocycles. The van der Waals surface area contributed by atoms with Gasteiger partial charge in [-0.15, -0.1) is 11.6 Å². The minimum Gasteiger partial charge on any atom is -0.322 e. The van der Waals surface area contributed by atoms with Crippen LogP contribution in [0.1, 0.15) is 33.2 Å². The molecule has 5 heteroatoms. The van der Waals surface area contributed by atoms with Crippen molar-refractivity contribution in [1.29, 1.82) is 5.26 Å². The summed E-state index contributed by atoms with van der Waals surface area (Å²) in [6.07, 6.45) is 0.287. The summed E-state index contributed by atoms with van der Waals surface area (Å²) in [6, 6.07) is 15.7. The Morgan fingerprint density at radius 3 is 2.65 bits per heavy atom. The molecule has 0 saturated carbocycles. The number of carbonyl (C=O) groups excluding carboxylic acids is 2. The Kier molecular flexibility index (Phi) is 5.51. The molecule has 1 atom stereocenters. The second-order valence-electron chi connectivity index (χ2n) is 5.05. The zero-order valence-corrected chi connectivity index (χ0v) is 13.3. The number of halogens is 1. The molecular weight excluding hydrogens is 312 g/mol. The summed E-state index contributed by atoms with van der Waals surface area (Å²) in [7, 11) is 0. The smallest absolute Gasteiger partial charge is 0.255 e. The molecule has 0 radical (unpaired) electrons. The normalized spacial score (nSPS) is 11.3. The van der Waals surface area contributed by atoms with Crippen LogP contribution in [0.3, 0.4) is 0 Å². The lowest BCUT2D eigenvalue weighted by molar-refractivity contribution is 0.101. The number of benzene rings is 2. The van der Waals surface area contributed by atoms with E-state index in [2.05, 4.69) is 5.32 Å². The zero-order valence-electron chi connectivity index (χ0n) is 12.5. The molecule has 2 rings (SSSR count). The number of amides is 1. The van der Waals surface area contributed by atoms with Gasteiger partial charge < -0.3 is 5.32 Å². The third-order valence-electron chi connectivity index (χ3n) is 3.33. The topological polar surface area (TPSA) is 70.0 Å². The molecule has 0 aliphatic carbocycles. The molecule has 1 unspecified atom stereocenters. The minimum atomic E-state index is -0.690. The maximum atomic E-state index is 12.5. The molecule has 0 bridgehead atoms. The maximum absolute atomic E-state index is 12.5. The number of anilines is 1. The monoisotopic (exact) mass is 326 g/mol. The summed E-state index contributed by atoms with van der Waals surface area (Å²) >= 11 is 5.86. The van der Waals surface area contributed by atoms with Gasteiger partial charge in [-0.3, -0.25) is 9.59 Å². The largest absolute Gasteiger partial charge is 0.322 e. The summed E-state index contributed by atoms with van der Waals surface area (Å²) in [5.74, 6) is -0.372. The van der Waals surface area contributed by atoms with Gasteiger partial charge in [-0.05, 0) is 30.7 Å².